The van der Waals surface area contributed by atoms with Gasteiger partial charge in [-0.3, -0.25) is 9.69 Å². The van der Waals surface area contributed by atoms with Crippen molar-refractivity contribution in [3.8, 4) is 0 Å². The van der Waals surface area contributed by atoms with E-state index in [0.717, 1.165) is 36.5 Å². The molecule has 2 saturated heterocycles. The van der Waals surface area contributed by atoms with Crippen LogP contribution in [0.3, 0.4) is 0 Å². The molecule has 1 amide bonds. The number of nitrogens with one attached hydrogen (secondary N) is 1. The topological polar surface area (TPSA) is 65.8 Å². The fraction of sp³-hybridized carbons (Fsp3) is 0.435. The van der Waals surface area contributed by atoms with Crippen LogP contribution >= 0.6 is 0 Å². The van der Waals surface area contributed by atoms with Gasteiger partial charge in [0.1, 0.15) is 11.6 Å². The number of amides is 1. The van der Waals surface area contributed by atoms with Crippen molar-refractivity contribution in [3.63, 3.8) is 0 Å². The Balaban J connectivity index is 1.30. The van der Waals surface area contributed by atoms with E-state index in [1.54, 1.807) is 12.3 Å². The summed E-state index contributed by atoms with van der Waals surface area (Å²) in [4.78, 5) is 26.3. The Morgan fingerprint density at radius 1 is 1.13 bits per heavy atom. The van der Waals surface area contributed by atoms with Crippen LogP contribution in [0.15, 0.2) is 30.6 Å². The van der Waals surface area contributed by atoms with Gasteiger partial charge >= 0.3 is 0 Å². The predicted molar refractivity (Wildman–Crippen MR) is 118 cm³/mol. The summed E-state index contributed by atoms with van der Waals surface area (Å²) in [7, 11) is 0. The zero-order chi connectivity index (χ0) is 21.5. The van der Waals surface area contributed by atoms with Gasteiger partial charge in [-0.25, -0.2) is 14.4 Å². The second-order valence-corrected chi connectivity index (χ2v) is 8.57. The van der Waals surface area contributed by atoms with Crippen LogP contribution in [0.2, 0.25) is 0 Å². The van der Waals surface area contributed by atoms with Gasteiger partial charge in [-0.1, -0.05) is 0 Å². The van der Waals surface area contributed by atoms with Gasteiger partial charge in [-0.05, 0) is 64.4 Å². The Bertz CT molecular complexity index is 1140. The Morgan fingerprint density at radius 2 is 1.94 bits per heavy atom. The van der Waals surface area contributed by atoms with Crippen LogP contribution in [0.1, 0.15) is 41.0 Å². The molecule has 0 spiro atoms. The maximum Gasteiger partial charge on any atom is 0.259 e. The number of carbonyl (C=O) groups excluding carboxylic acids is 1. The lowest BCUT2D eigenvalue weighted by Crippen LogP contribution is -2.35. The number of hydrogen-bond acceptors (Lipinski definition) is 5. The largest absolute Gasteiger partial charge is 0.370 e. The molecule has 2 aliphatic heterocycles. The third-order valence-electron chi connectivity index (χ3n) is 6.35. The molecule has 7 nitrogen and oxygen atoms in total. The quantitative estimate of drug-likeness (QED) is 0.698. The Hall–Kier alpha value is -3.00. The van der Waals surface area contributed by atoms with E-state index < -0.39 is 11.7 Å². The molecular formula is C23H27FN6O. The number of imidazole rings is 1. The van der Waals surface area contributed by atoms with E-state index in [9.17, 15) is 9.18 Å². The van der Waals surface area contributed by atoms with Crippen molar-refractivity contribution in [1.29, 1.82) is 0 Å². The molecule has 162 valence electrons. The van der Waals surface area contributed by atoms with Crippen LogP contribution in [0.25, 0.3) is 5.65 Å². The van der Waals surface area contributed by atoms with Crippen LogP contribution in [0.4, 0.5) is 15.9 Å². The minimum absolute atomic E-state index is 0.0143. The maximum atomic E-state index is 14.9. The lowest BCUT2D eigenvalue weighted by molar-refractivity contribution is 0.102. The number of nitrogens with zero attached hydrogens (tertiary/aromatic N) is 5. The average Bonchev–Trinajstić information content (AvgIpc) is 3.48. The highest BCUT2D eigenvalue weighted by Crippen LogP contribution is 2.27. The molecule has 5 rings (SSSR count). The van der Waals surface area contributed by atoms with Gasteiger partial charge in [0.05, 0.1) is 23.1 Å². The number of anilines is 2. The number of fused-ring (bicyclic) bond motifs is 1. The average molecular weight is 423 g/mol. The molecule has 1 unspecified atom stereocenters. The molecule has 2 aliphatic rings. The Kier molecular flexibility index (Phi) is 5.09. The third kappa shape index (κ3) is 3.87. The van der Waals surface area contributed by atoms with E-state index in [2.05, 4.69) is 25.1 Å². The molecule has 3 aromatic rings. The third-order valence-corrected chi connectivity index (χ3v) is 6.35. The lowest BCUT2D eigenvalue weighted by Gasteiger charge is -2.24. The van der Waals surface area contributed by atoms with Crippen molar-refractivity contribution in [2.24, 2.45) is 0 Å². The monoisotopic (exact) mass is 422 g/mol. The minimum atomic E-state index is -0.518. The zero-order valence-corrected chi connectivity index (χ0v) is 17.9. The SMILES string of the molecule is Cc1cn2cc(NC(=O)c3ccc(N4CCC(N5CCCC5)C4)cc3F)nc(C)c2n1. The first-order valence-electron chi connectivity index (χ1n) is 10.9. The second kappa shape index (κ2) is 7.92. The molecule has 8 heteroatoms. The van der Waals surface area contributed by atoms with E-state index in [1.165, 1.54) is 32.0 Å². The first-order chi connectivity index (χ1) is 15.0. The van der Waals surface area contributed by atoms with E-state index >= 15 is 0 Å². The first kappa shape index (κ1) is 19.9. The molecule has 0 bridgehead atoms. The van der Waals surface area contributed by atoms with Crippen LogP contribution in [0, 0.1) is 19.7 Å². The summed E-state index contributed by atoms with van der Waals surface area (Å²) in [5.74, 6) is -0.664. The van der Waals surface area contributed by atoms with Crippen molar-refractivity contribution in [1.82, 2.24) is 19.3 Å². The normalized spacial score (nSPS) is 19.5. The molecular weight excluding hydrogens is 395 g/mol. The van der Waals surface area contributed by atoms with Crippen LogP contribution in [-0.4, -0.2) is 57.4 Å². The van der Waals surface area contributed by atoms with Gasteiger partial charge in [-0.15, -0.1) is 0 Å². The van der Waals surface area contributed by atoms with E-state index in [1.807, 2.05) is 30.5 Å². The number of hydrogen-bond donors (Lipinski definition) is 1. The second-order valence-electron chi connectivity index (χ2n) is 8.57. The van der Waals surface area contributed by atoms with Crippen molar-refractivity contribution in [3.05, 3.63) is 53.4 Å². The summed E-state index contributed by atoms with van der Waals surface area (Å²) in [5, 5.41) is 2.72. The Labute approximate surface area is 180 Å². The summed E-state index contributed by atoms with van der Waals surface area (Å²) in [6, 6.07) is 5.42. The van der Waals surface area contributed by atoms with E-state index in [0.29, 0.717) is 17.6 Å². The van der Waals surface area contributed by atoms with Crippen LogP contribution in [-0.2, 0) is 0 Å². The van der Waals surface area contributed by atoms with Gasteiger partial charge in [0, 0.05) is 31.0 Å². The maximum absolute atomic E-state index is 14.9. The van der Waals surface area contributed by atoms with Crippen LogP contribution in [0.5, 0.6) is 0 Å². The standard InChI is InChI=1S/C23H27FN6O/c1-15-12-30-14-21(26-16(2)22(30)25-15)27-23(31)19-6-5-17(11-20(19)24)29-10-7-18(13-29)28-8-3-4-9-28/h5-6,11-12,14,18H,3-4,7-10,13H2,1-2H3,(H,27,31). The summed E-state index contributed by atoms with van der Waals surface area (Å²) < 4.78 is 16.7. The summed E-state index contributed by atoms with van der Waals surface area (Å²) in [5.41, 5.74) is 3.15. The van der Waals surface area contributed by atoms with Gasteiger partial charge < -0.3 is 14.6 Å². The molecule has 0 radical (unpaired) electrons. The van der Waals surface area contributed by atoms with E-state index in [-0.39, 0.29) is 5.56 Å². The molecule has 0 aliphatic carbocycles. The molecule has 2 aromatic heterocycles. The number of halogens is 1. The van der Waals surface area contributed by atoms with Crippen molar-refractivity contribution in [2.75, 3.05) is 36.4 Å². The first-order valence-corrected chi connectivity index (χ1v) is 10.9. The number of aryl methyl sites for hydroxylation is 2. The number of aromatic nitrogens is 3. The fourth-order valence-electron chi connectivity index (χ4n) is 4.78. The highest BCUT2D eigenvalue weighted by Gasteiger charge is 2.29. The van der Waals surface area contributed by atoms with Gasteiger partial charge in [0.2, 0.25) is 0 Å². The highest BCUT2D eigenvalue weighted by atomic mass is 19.1. The van der Waals surface area contributed by atoms with E-state index in [4.69, 9.17) is 0 Å². The number of carbonyl (C=O) groups is 1. The summed E-state index contributed by atoms with van der Waals surface area (Å²) in [6.07, 6.45) is 7.20. The summed E-state index contributed by atoms with van der Waals surface area (Å²) >= 11 is 0. The number of benzene rings is 1. The smallest absolute Gasteiger partial charge is 0.259 e. The molecule has 1 aromatic carbocycles. The van der Waals surface area contributed by atoms with Crippen molar-refractivity contribution >= 4 is 23.1 Å². The van der Waals surface area contributed by atoms with Crippen molar-refractivity contribution < 1.29 is 9.18 Å². The zero-order valence-electron chi connectivity index (χ0n) is 17.9. The number of likely N-dealkylation sites (tertiary alicyclic amines) is 1. The molecule has 1 N–H and O–H groups in total. The predicted octanol–water partition coefficient (Wildman–Crippen LogP) is 3.41. The van der Waals surface area contributed by atoms with Gasteiger partial charge in [-0.2, -0.15) is 0 Å². The molecule has 31 heavy (non-hydrogen) atoms. The van der Waals surface area contributed by atoms with Crippen LogP contribution < -0.4 is 10.2 Å². The van der Waals surface area contributed by atoms with Gasteiger partial charge in [0.25, 0.3) is 5.91 Å². The highest BCUT2D eigenvalue weighted by molar-refractivity contribution is 6.04. The van der Waals surface area contributed by atoms with Gasteiger partial charge in [0.15, 0.2) is 5.65 Å². The molecule has 4 heterocycles. The van der Waals surface area contributed by atoms with Crippen molar-refractivity contribution in [2.45, 2.75) is 39.2 Å². The molecule has 2 fully saturated rings. The number of rotatable bonds is 4. The molecule has 1 atom stereocenters. The molecule has 0 saturated carbocycles. The summed E-state index contributed by atoms with van der Waals surface area (Å²) in [6.45, 7) is 7.90. The fourth-order valence-corrected chi connectivity index (χ4v) is 4.78. The minimum Gasteiger partial charge on any atom is -0.370 e. The lowest BCUT2D eigenvalue weighted by atomic mass is 10.1. The Morgan fingerprint density at radius 3 is 2.71 bits per heavy atom.